The Morgan fingerprint density at radius 1 is 1.04 bits per heavy atom. The van der Waals surface area contributed by atoms with E-state index in [0.717, 1.165) is 24.2 Å². The molecule has 0 saturated carbocycles. The van der Waals surface area contributed by atoms with Gasteiger partial charge in [0.1, 0.15) is 5.75 Å². The van der Waals surface area contributed by atoms with E-state index in [0.29, 0.717) is 6.54 Å². The van der Waals surface area contributed by atoms with Crippen molar-refractivity contribution >= 4 is 5.91 Å². The Labute approximate surface area is 145 Å². The quantitative estimate of drug-likeness (QED) is 0.777. The molecule has 128 valence electrons. The van der Waals surface area contributed by atoms with Crippen LogP contribution in [0.2, 0.25) is 0 Å². The molecule has 0 fully saturated rings. The van der Waals surface area contributed by atoms with Gasteiger partial charge < -0.3 is 10.1 Å². The Kier molecular flexibility index (Phi) is 6.42. The van der Waals surface area contributed by atoms with Gasteiger partial charge in [-0.2, -0.15) is 0 Å². The van der Waals surface area contributed by atoms with Gasteiger partial charge in [-0.15, -0.1) is 0 Å². The lowest BCUT2D eigenvalue weighted by Crippen LogP contribution is -2.37. The van der Waals surface area contributed by atoms with Crippen LogP contribution in [0.3, 0.4) is 0 Å². The maximum atomic E-state index is 12.1. The third kappa shape index (κ3) is 5.41. The first-order valence-corrected chi connectivity index (χ1v) is 8.53. The number of carbonyl (C=O) groups is 1. The summed E-state index contributed by atoms with van der Waals surface area (Å²) in [4.78, 5) is 12.1. The van der Waals surface area contributed by atoms with Crippen molar-refractivity contribution < 1.29 is 9.53 Å². The van der Waals surface area contributed by atoms with Crippen molar-refractivity contribution in [3.63, 3.8) is 0 Å². The Bertz CT molecular complexity index is 677. The smallest absolute Gasteiger partial charge is 0.260 e. The van der Waals surface area contributed by atoms with Gasteiger partial charge in [-0.25, -0.2) is 0 Å². The maximum Gasteiger partial charge on any atom is 0.260 e. The molecule has 3 heteroatoms. The van der Waals surface area contributed by atoms with Gasteiger partial charge in [0.15, 0.2) is 6.10 Å². The summed E-state index contributed by atoms with van der Waals surface area (Å²) in [6.07, 6.45) is 1.39. The Hall–Kier alpha value is -2.29. The van der Waals surface area contributed by atoms with Crippen LogP contribution in [0.4, 0.5) is 0 Å². The lowest BCUT2D eigenvalue weighted by Gasteiger charge is -2.16. The minimum Gasteiger partial charge on any atom is -0.481 e. The van der Waals surface area contributed by atoms with Crippen LogP contribution in [0.1, 0.15) is 35.6 Å². The highest BCUT2D eigenvalue weighted by Crippen LogP contribution is 2.20. The molecule has 3 nitrogen and oxygen atoms in total. The SMILES string of the molecule is Cc1ccc(CCCNC(=O)C(C)Oc2ccc(C)cc2C)cc1. The maximum absolute atomic E-state index is 12.1. The molecule has 0 radical (unpaired) electrons. The molecule has 1 unspecified atom stereocenters. The van der Waals surface area contributed by atoms with Crippen molar-refractivity contribution in [3.8, 4) is 5.75 Å². The van der Waals surface area contributed by atoms with Gasteiger partial charge in [0, 0.05) is 6.54 Å². The van der Waals surface area contributed by atoms with Crippen LogP contribution in [0.5, 0.6) is 5.75 Å². The largest absolute Gasteiger partial charge is 0.481 e. The molecule has 0 spiro atoms. The number of nitrogens with one attached hydrogen (secondary N) is 1. The number of benzene rings is 2. The van der Waals surface area contributed by atoms with E-state index in [2.05, 4.69) is 42.6 Å². The highest BCUT2D eigenvalue weighted by molar-refractivity contribution is 5.80. The zero-order chi connectivity index (χ0) is 17.5. The van der Waals surface area contributed by atoms with Crippen LogP contribution >= 0.6 is 0 Å². The second-order valence-electron chi connectivity index (χ2n) is 6.41. The molecule has 0 saturated heterocycles. The Morgan fingerprint density at radius 2 is 1.71 bits per heavy atom. The zero-order valence-electron chi connectivity index (χ0n) is 15.1. The molecule has 0 aliphatic carbocycles. The molecule has 1 N–H and O–H groups in total. The van der Waals surface area contributed by atoms with Crippen LogP contribution in [0, 0.1) is 20.8 Å². The average Bonchev–Trinajstić information content (AvgIpc) is 2.55. The fourth-order valence-electron chi connectivity index (χ4n) is 2.58. The Balaban J connectivity index is 1.74. The molecule has 1 amide bonds. The molecule has 2 aromatic rings. The number of ether oxygens (including phenoxy) is 1. The summed E-state index contributed by atoms with van der Waals surface area (Å²) in [5, 5.41) is 2.95. The molecule has 24 heavy (non-hydrogen) atoms. The summed E-state index contributed by atoms with van der Waals surface area (Å²) in [5.74, 6) is 0.696. The highest BCUT2D eigenvalue weighted by Gasteiger charge is 2.15. The number of hydrogen-bond acceptors (Lipinski definition) is 2. The predicted octanol–water partition coefficient (Wildman–Crippen LogP) is 4.13. The molecule has 2 rings (SSSR count). The van der Waals surface area contributed by atoms with Crippen molar-refractivity contribution in [2.45, 2.75) is 46.6 Å². The summed E-state index contributed by atoms with van der Waals surface area (Å²) in [5.41, 5.74) is 4.81. The minimum atomic E-state index is -0.495. The zero-order valence-corrected chi connectivity index (χ0v) is 15.1. The van der Waals surface area contributed by atoms with Crippen LogP contribution in [-0.4, -0.2) is 18.6 Å². The summed E-state index contributed by atoms with van der Waals surface area (Å²) >= 11 is 0. The monoisotopic (exact) mass is 325 g/mol. The first kappa shape index (κ1) is 18.1. The summed E-state index contributed by atoms with van der Waals surface area (Å²) in [6.45, 7) is 8.57. The van der Waals surface area contributed by atoms with Crippen molar-refractivity contribution in [1.82, 2.24) is 5.32 Å². The highest BCUT2D eigenvalue weighted by atomic mass is 16.5. The van der Waals surface area contributed by atoms with Crippen molar-refractivity contribution in [1.29, 1.82) is 0 Å². The Morgan fingerprint density at radius 3 is 2.38 bits per heavy atom. The van der Waals surface area contributed by atoms with Gasteiger partial charge in [-0.1, -0.05) is 47.5 Å². The van der Waals surface area contributed by atoms with Crippen LogP contribution in [-0.2, 0) is 11.2 Å². The molecule has 0 aliphatic rings. The van der Waals surface area contributed by atoms with E-state index in [-0.39, 0.29) is 5.91 Å². The van der Waals surface area contributed by atoms with E-state index < -0.39 is 6.10 Å². The predicted molar refractivity (Wildman–Crippen MR) is 98.5 cm³/mol. The molecule has 0 aliphatic heterocycles. The fourth-order valence-corrected chi connectivity index (χ4v) is 2.58. The van der Waals surface area contributed by atoms with Crippen LogP contribution in [0.15, 0.2) is 42.5 Å². The van der Waals surface area contributed by atoms with Crippen molar-refractivity contribution in [2.75, 3.05) is 6.54 Å². The number of hydrogen-bond donors (Lipinski definition) is 1. The average molecular weight is 325 g/mol. The number of aryl methyl sites for hydroxylation is 4. The third-order valence-corrected chi connectivity index (χ3v) is 4.07. The van der Waals surface area contributed by atoms with Crippen molar-refractivity contribution in [3.05, 3.63) is 64.7 Å². The summed E-state index contributed by atoms with van der Waals surface area (Å²) in [6, 6.07) is 14.5. The first-order chi connectivity index (χ1) is 11.5. The van der Waals surface area contributed by atoms with E-state index in [1.807, 2.05) is 26.0 Å². The molecule has 0 bridgehead atoms. The van der Waals surface area contributed by atoms with Gasteiger partial charge >= 0.3 is 0 Å². The van der Waals surface area contributed by atoms with E-state index in [1.165, 1.54) is 16.7 Å². The summed E-state index contributed by atoms with van der Waals surface area (Å²) < 4.78 is 5.78. The van der Waals surface area contributed by atoms with Gasteiger partial charge in [-0.05, 0) is 57.7 Å². The molecule has 0 heterocycles. The van der Waals surface area contributed by atoms with Gasteiger partial charge in [-0.3, -0.25) is 4.79 Å². The second kappa shape index (κ2) is 8.53. The van der Waals surface area contributed by atoms with E-state index in [1.54, 1.807) is 6.92 Å². The summed E-state index contributed by atoms with van der Waals surface area (Å²) in [7, 11) is 0. The van der Waals surface area contributed by atoms with E-state index in [9.17, 15) is 4.79 Å². The fraction of sp³-hybridized carbons (Fsp3) is 0.381. The topological polar surface area (TPSA) is 38.3 Å². The number of carbonyl (C=O) groups excluding carboxylic acids is 1. The molecule has 0 aromatic heterocycles. The minimum absolute atomic E-state index is 0.0705. The lowest BCUT2D eigenvalue weighted by molar-refractivity contribution is -0.127. The normalized spacial score (nSPS) is 11.8. The second-order valence-corrected chi connectivity index (χ2v) is 6.41. The van der Waals surface area contributed by atoms with Gasteiger partial charge in [0.2, 0.25) is 0 Å². The standard InChI is InChI=1S/C21H27NO2/c1-15-7-10-19(11-8-15)6-5-13-22-21(23)18(4)24-20-12-9-16(2)14-17(20)3/h7-12,14,18H,5-6,13H2,1-4H3,(H,22,23). The van der Waals surface area contributed by atoms with E-state index >= 15 is 0 Å². The molecule has 2 aromatic carbocycles. The van der Waals surface area contributed by atoms with Gasteiger partial charge in [0.25, 0.3) is 5.91 Å². The molecular weight excluding hydrogens is 298 g/mol. The third-order valence-electron chi connectivity index (χ3n) is 4.07. The van der Waals surface area contributed by atoms with Crippen LogP contribution in [0.25, 0.3) is 0 Å². The van der Waals surface area contributed by atoms with Gasteiger partial charge in [0.05, 0.1) is 0 Å². The molecular formula is C21H27NO2. The van der Waals surface area contributed by atoms with Crippen molar-refractivity contribution in [2.24, 2.45) is 0 Å². The molecule has 1 atom stereocenters. The lowest BCUT2D eigenvalue weighted by atomic mass is 10.1. The number of rotatable bonds is 7. The first-order valence-electron chi connectivity index (χ1n) is 8.53. The van der Waals surface area contributed by atoms with E-state index in [4.69, 9.17) is 4.74 Å². The van der Waals surface area contributed by atoms with Crippen LogP contribution < -0.4 is 10.1 Å². The number of amides is 1.